The fourth-order valence-electron chi connectivity index (χ4n) is 1.82. The van der Waals surface area contributed by atoms with E-state index in [4.69, 9.17) is 4.42 Å². The number of furan rings is 1. The second-order valence-electron chi connectivity index (χ2n) is 3.80. The largest absolute Gasteiger partial charge is 0.459 e. The number of amides is 2. The molecule has 1 fully saturated rings. The zero-order valence-corrected chi connectivity index (χ0v) is 9.46. The van der Waals surface area contributed by atoms with Crippen molar-refractivity contribution in [3.8, 4) is 0 Å². The van der Waals surface area contributed by atoms with E-state index in [9.17, 15) is 9.59 Å². The summed E-state index contributed by atoms with van der Waals surface area (Å²) in [5.74, 6) is 0.129. The first-order valence-corrected chi connectivity index (χ1v) is 5.46. The Kier molecular flexibility index (Phi) is 3.27. The quantitative estimate of drug-likeness (QED) is 0.709. The second kappa shape index (κ2) is 4.86. The summed E-state index contributed by atoms with van der Waals surface area (Å²) < 4.78 is 5.06. The van der Waals surface area contributed by atoms with E-state index in [0.29, 0.717) is 31.9 Å². The molecule has 90 valence electrons. The molecule has 0 spiro atoms. The molecule has 0 aliphatic carbocycles. The third-order valence-corrected chi connectivity index (χ3v) is 2.79. The van der Waals surface area contributed by atoms with Crippen LogP contribution >= 0.6 is 0 Å². The number of hydrogen-bond acceptors (Lipinski definition) is 3. The number of carbonyl (C=O) groups excluding carboxylic acids is 2. The normalized spacial score (nSPS) is 15.8. The SMILES string of the molecule is C=CC(=O)N1CCN(C(=O)c2ccco2)CC1. The molecule has 0 N–H and O–H groups in total. The van der Waals surface area contributed by atoms with Crippen LogP contribution < -0.4 is 0 Å². The van der Waals surface area contributed by atoms with Crippen LogP contribution in [0.3, 0.4) is 0 Å². The molecule has 0 unspecified atom stereocenters. The number of hydrogen-bond donors (Lipinski definition) is 0. The molecule has 0 saturated carbocycles. The third-order valence-electron chi connectivity index (χ3n) is 2.79. The molecular weight excluding hydrogens is 220 g/mol. The van der Waals surface area contributed by atoms with Gasteiger partial charge in [-0.1, -0.05) is 6.58 Å². The van der Waals surface area contributed by atoms with Gasteiger partial charge in [0.15, 0.2) is 5.76 Å². The Labute approximate surface area is 99.3 Å². The lowest BCUT2D eigenvalue weighted by molar-refractivity contribution is -0.127. The van der Waals surface area contributed by atoms with E-state index in [1.807, 2.05) is 0 Å². The fraction of sp³-hybridized carbons (Fsp3) is 0.333. The molecule has 0 radical (unpaired) electrons. The molecule has 5 nitrogen and oxygen atoms in total. The van der Waals surface area contributed by atoms with Crippen LogP contribution in [0.2, 0.25) is 0 Å². The van der Waals surface area contributed by atoms with Gasteiger partial charge < -0.3 is 14.2 Å². The fourth-order valence-corrected chi connectivity index (χ4v) is 1.82. The van der Waals surface area contributed by atoms with E-state index in [2.05, 4.69) is 6.58 Å². The highest BCUT2D eigenvalue weighted by atomic mass is 16.3. The molecule has 5 heteroatoms. The Morgan fingerprint density at radius 3 is 2.41 bits per heavy atom. The Morgan fingerprint density at radius 1 is 1.24 bits per heavy atom. The van der Waals surface area contributed by atoms with Gasteiger partial charge in [0.25, 0.3) is 5.91 Å². The summed E-state index contributed by atoms with van der Waals surface area (Å²) in [4.78, 5) is 26.6. The van der Waals surface area contributed by atoms with Crippen LogP contribution in [-0.4, -0.2) is 47.8 Å². The van der Waals surface area contributed by atoms with Crippen LogP contribution in [0.5, 0.6) is 0 Å². The molecule has 1 aliphatic rings. The lowest BCUT2D eigenvalue weighted by Gasteiger charge is -2.33. The van der Waals surface area contributed by atoms with Gasteiger partial charge in [-0.2, -0.15) is 0 Å². The number of rotatable bonds is 2. The molecule has 2 rings (SSSR count). The molecule has 0 bridgehead atoms. The van der Waals surface area contributed by atoms with E-state index >= 15 is 0 Å². The molecule has 1 saturated heterocycles. The van der Waals surface area contributed by atoms with Crippen molar-refractivity contribution in [2.45, 2.75) is 0 Å². The van der Waals surface area contributed by atoms with Gasteiger partial charge >= 0.3 is 0 Å². The summed E-state index contributed by atoms with van der Waals surface area (Å²) in [6.07, 6.45) is 2.77. The summed E-state index contributed by atoms with van der Waals surface area (Å²) in [6.45, 7) is 5.58. The van der Waals surface area contributed by atoms with Gasteiger partial charge in [0, 0.05) is 26.2 Å². The van der Waals surface area contributed by atoms with Crippen LogP contribution in [-0.2, 0) is 4.79 Å². The first-order valence-electron chi connectivity index (χ1n) is 5.46. The van der Waals surface area contributed by atoms with E-state index in [1.165, 1.54) is 12.3 Å². The average molecular weight is 234 g/mol. The topological polar surface area (TPSA) is 53.8 Å². The maximum Gasteiger partial charge on any atom is 0.289 e. The van der Waals surface area contributed by atoms with Crippen LogP contribution in [0, 0.1) is 0 Å². The molecule has 1 aliphatic heterocycles. The Bertz CT molecular complexity index is 417. The monoisotopic (exact) mass is 234 g/mol. The van der Waals surface area contributed by atoms with Crippen molar-refractivity contribution in [1.82, 2.24) is 9.80 Å². The summed E-state index contributed by atoms with van der Waals surface area (Å²) >= 11 is 0. The van der Waals surface area contributed by atoms with Crippen molar-refractivity contribution in [2.24, 2.45) is 0 Å². The molecule has 2 amide bonds. The highest BCUT2D eigenvalue weighted by molar-refractivity contribution is 5.92. The minimum absolute atomic E-state index is 0.0879. The first kappa shape index (κ1) is 11.4. The molecular formula is C12H14N2O3. The van der Waals surface area contributed by atoms with Crippen LogP contribution in [0.15, 0.2) is 35.5 Å². The summed E-state index contributed by atoms with van der Waals surface area (Å²) in [5, 5.41) is 0. The predicted molar refractivity (Wildman–Crippen MR) is 61.4 cm³/mol. The Hall–Kier alpha value is -2.04. The van der Waals surface area contributed by atoms with Crippen LogP contribution in [0.25, 0.3) is 0 Å². The molecule has 17 heavy (non-hydrogen) atoms. The molecule has 1 aromatic heterocycles. The van der Waals surface area contributed by atoms with Crippen LogP contribution in [0.1, 0.15) is 10.6 Å². The molecule has 0 aromatic carbocycles. The second-order valence-corrected chi connectivity index (χ2v) is 3.80. The smallest absolute Gasteiger partial charge is 0.289 e. The van der Waals surface area contributed by atoms with Crippen molar-refractivity contribution in [3.63, 3.8) is 0 Å². The molecule has 1 aromatic rings. The lowest BCUT2D eigenvalue weighted by Crippen LogP contribution is -2.50. The highest BCUT2D eigenvalue weighted by Crippen LogP contribution is 2.09. The van der Waals surface area contributed by atoms with Gasteiger partial charge in [-0.05, 0) is 18.2 Å². The van der Waals surface area contributed by atoms with Gasteiger partial charge in [0.2, 0.25) is 5.91 Å². The molecule has 2 heterocycles. The summed E-state index contributed by atoms with van der Waals surface area (Å²) in [6, 6.07) is 3.33. The zero-order chi connectivity index (χ0) is 12.3. The van der Waals surface area contributed by atoms with E-state index in [0.717, 1.165) is 0 Å². The van der Waals surface area contributed by atoms with Crippen LogP contribution in [0.4, 0.5) is 0 Å². The van der Waals surface area contributed by atoms with Crippen molar-refractivity contribution < 1.29 is 14.0 Å². The number of piperazine rings is 1. The Balaban J connectivity index is 1.93. The van der Waals surface area contributed by atoms with Gasteiger partial charge in [0.1, 0.15) is 0 Å². The van der Waals surface area contributed by atoms with Gasteiger partial charge in [-0.15, -0.1) is 0 Å². The standard InChI is InChI=1S/C12H14N2O3/c1-2-11(15)13-5-7-14(8-6-13)12(16)10-4-3-9-17-10/h2-4,9H,1,5-8H2. The maximum atomic E-state index is 11.9. The highest BCUT2D eigenvalue weighted by Gasteiger charge is 2.24. The van der Waals surface area contributed by atoms with E-state index in [-0.39, 0.29) is 11.8 Å². The Morgan fingerprint density at radius 2 is 1.88 bits per heavy atom. The van der Waals surface area contributed by atoms with Crippen molar-refractivity contribution in [1.29, 1.82) is 0 Å². The van der Waals surface area contributed by atoms with Gasteiger partial charge in [0.05, 0.1) is 6.26 Å². The number of carbonyl (C=O) groups is 2. The minimum Gasteiger partial charge on any atom is -0.459 e. The zero-order valence-electron chi connectivity index (χ0n) is 9.46. The summed E-state index contributed by atoms with van der Waals surface area (Å²) in [5.41, 5.74) is 0. The predicted octanol–water partition coefficient (Wildman–Crippen LogP) is 0.750. The van der Waals surface area contributed by atoms with Crippen molar-refractivity contribution in [3.05, 3.63) is 36.8 Å². The van der Waals surface area contributed by atoms with E-state index in [1.54, 1.807) is 21.9 Å². The summed E-state index contributed by atoms with van der Waals surface area (Å²) in [7, 11) is 0. The van der Waals surface area contributed by atoms with Gasteiger partial charge in [-0.3, -0.25) is 9.59 Å². The average Bonchev–Trinajstić information content (AvgIpc) is 2.91. The lowest BCUT2D eigenvalue weighted by atomic mass is 10.3. The van der Waals surface area contributed by atoms with Gasteiger partial charge in [-0.25, -0.2) is 0 Å². The first-order chi connectivity index (χ1) is 8.22. The minimum atomic E-state index is -0.124. The van der Waals surface area contributed by atoms with E-state index < -0.39 is 0 Å². The molecule has 0 atom stereocenters. The van der Waals surface area contributed by atoms with Crippen molar-refractivity contribution >= 4 is 11.8 Å². The number of nitrogens with zero attached hydrogens (tertiary/aromatic N) is 2. The third kappa shape index (κ3) is 2.38. The maximum absolute atomic E-state index is 11.9. The van der Waals surface area contributed by atoms with Crippen molar-refractivity contribution in [2.75, 3.05) is 26.2 Å².